The third-order valence-electron chi connectivity index (χ3n) is 5.59. The Hall–Kier alpha value is -3.42. The van der Waals surface area contributed by atoms with Gasteiger partial charge in [0, 0.05) is 0 Å². The summed E-state index contributed by atoms with van der Waals surface area (Å²) < 4.78 is 19.6. The molecule has 2 amide bonds. The van der Waals surface area contributed by atoms with E-state index in [9.17, 15) is 14.0 Å². The van der Waals surface area contributed by atoms with E-state index in [-0.39, 0.29) is 23.5 Å². The van der Waals surface area contributed by atoms with E-state index in [2.05, 4.69) is 15.9 Å². The van der Waals surface area contributed by atoms with Crippen LogP contribution in [0.2, 0.25) is 0 Å². The summed E-state index contributed by atoms with van der Waals surface area (Å²) in [7, 11) is 0. The molecule has 0 spiro atoms. The number of ether oxygens (including phenoxy) is 1. The summed E-state index contributed by atoms with van der Waals surface area (Å²) in [5.41, 5.74) is 2.52. The molecule has 35 heavy (non-hydrogen) atoms. The van der Waals surface area contributed by atoms with Crippen LogP contribution in [0.25, 0.3) is 16.8 Å². The molecule has 7 heteroatoms. The van der Waals surface area contributed by atoms with Gasteiger partial charge in [-0.15, -0.1) is 0 Å². The predicted octanol–water partition coefficient (Wildman–Crippen LogP) is 7.56. The van der Waals surface area contributed by atoms with Gasteiger partial charge in [-0.3, -0.25) is 14.5 Å². The highest BCUT2D eigenvalue weighted by atomic mass is 79.9. The maximum absolute atomic E-state index is 13.1. The highest BCUT2D eigenvalue weighted by Gasteiger charge is 2.35. The molecular weight excluding hydrogens is 529 g/mol. The van der Waals surface area contributed by atoms with E-state index in [0.29, 0.717) is 21.7 Å². The molecule has 4 nitrogen and oxygen atoms in total. The number of fused-ring (bicyclic) bond motifs is 1. The Bertz CT molecular complexity index is 1470. The average Bonchev–Trinajstić information content (AvgIpc) is 3.12. The van der Waals surface area contributed by atoms with Crippen molar-refractivity contribution in [1.82, 2.24) is 4.90 Å². The zero-order chi connectivity index (χ0) is 24.4. The lowest BCUT2D eigenvalue weighted by molar-refractivity contribution is -0.123. The second kappa shape index (κ2) is 10.1. The topological polar surface area (TPSA) is 46.6 Å². The number of halogens is 2. The molecule has 0 radical (unpaired) electrons. The van der Waals surface area contributed by atoms with Gasteiger partial charge in [0.05, 0.1) is 15.9 Å². The van der Waals surface area contributed by atoms with Crippen molar-refractivity contribution in [2.75, 3.05) is 0 Å². The monoisotopic (exact) mass is 547 g/mol. The highest BCUT2D eigenvalue weighted by Crippen LogP contribution is 2.35. The van der Waals surface area contributed by atoms with E-state index in [4.69, 9.17) is 4.74 Å². The van der Waals surface area contributed by atoms with Gasteiger partial charge in [0.2, 0.25) is 0 Å². The predicted molar refractivity (Wildman–Crippen MR) is 140 cm³/mol. The van der Waals surface area contributed by atoms with Gasteiger partial charge >= 0.3 is 0 Å². The Morgan fingerprint density at radius 2 is 1.63 bits per heavy atom. The summed E-state index contributed by atoms with van der Waals surface area (Å²) in [5.74, 6) is 0.0257. The van der Waals surface area contributed by atoms with Gasteiger partial charge in [-0.05, 0) is 91.6 Å². The van der Waals surface area contributed by atoms with Crippen LogP contribution in [0.4, 0.5) is 9.18 Å². The summed E-state index contributed by atoms with van der Waals surface area (Å²) in [6.07, 6.45) is 1.71. The van der Waals surface area contributed by atoms with Gasteiger partial charge < -0.3 is 4.74 Å². The fourth-order valence-corrected chi connectivity index (χ4v) is 5.12. The van der Waals surface area contributed by atoms with Crippen molar-refractivity contribution >= 4 is 55.7 Å². The largest absolute Gasteiger partial charge is 0.488 e. The molecule has 0 aromatic heterocycles. The summed E-state index contributed by atoms with van der Waals surface area (Å²) >= 11 is 4.44. The Balaban J connectivity index is 1.28. The lowest BCUT2D eigenvalue weighted by Crippen LogP contribution is -2.27. The van der Waals surface area contributed by atoms with Crippen LogP contribution >= 0.6 is 27.7 Å². The lowest BCUT2D eigenvalue weighted by Gasteiger charge is -2.13. The van der Waals surface area contributed by atoms with Crippen LogP contribution in [-0.4, -0.2) is 16.0 Å². The number of amides is 2. The zero-order valence-electron chi connectivity index (χ0n) is 18.4. The summed E-state index contributed by atoms with van der Waals surface area (Å²) in [5, 5.41) is 1.90. The van der Waals surface area contributed by atoms with Crippen LogP contribution in [0.3, 0.4) is 0 Å². The number of nitrogens with zero attached hydrogens (tertiary/aromatic N) is 1. The third kappa shape index (κ3) is 5.31. The number of hydrogen-bond acceptors (Lipinski definition) is 4. The smallest absolute Gasteiger partial charge is 0.293 e. The standard InChI is InChI=1S/C28H19BrFNO3S/c29-24-14-19(8-12-25(24)34-17-18-6-10-23(30)11-7-18)15-26-27(32)31(28(33)35-26)16-20-5-9-21-3-1-2-4-22(21)13-20/h1-15H,16-17H2. The summed E-state index contributed by atoms with van der Waals surface area (Å²) in [6.45, 7) is 0.526. The van der Waals surface area contributed by atoms with Gasteiger partial charge in [-0.25, -0.2) is 4.39 Å². The van der Waals surface area contributed by atoms with E-state index in [0.717, 1.165) is 39.2 Å². The second-order valence-corrected chi connectivity index (χ2v) is 9.90. The van der Waals surface area contributed by atoms with Crippen LogP contribution in [-0.2, 0) is 17.9 Å². The SMILES string of the molecule is O=C1SC(=Cc2ccc(OCc3ccc(F)cc3)c(Br)c2)C(=O)N1Cc1ccc2ccccc2c1. The number of hydrogen-bond donors (Lipinski definition) is 0. The van der Waals surface area contributed by atoms with Crippen LogP contribution in [0.15, 0.2) is 94.3 Å². The normalized spacial score (nSPS) is 14.8. The molecule has 1 heterocycles. The zero-order valence-corrected chi connectivity index (χ0v) is 20.8. The Labute approximate surface area is 214 Å². The molecule has 4 aromatic carbocycles. The minimum atomic E-state index is -0.305. The van der Waals surface area contributed by atoms with Crippen molar-refractivity contribution in [1.29, 1.82) is 0 Å². The fraction of sp³-hybridized carbons (Fsp3) is 0.0714. The fourth-order valence-electron chi connectivity index (χ4n) is 3.77. The highest BCUT2D eigenvalue weighted by molar-refractivity contribution is 9.10. The second-order valence-electron chi connectivity index (χ2n) is 8.05. The third-order valence-corrected chi connectivity index (χ3v) is 7.12. The van der Waals surface area contributed by atoms with Gasteiger partial charge in [0.1, 0.15) is 18.2 Å². The van der Waals surface area contributed by atoms with Crippen LogP contribution in [0, 0.1) is 5.82 Å². The molecular formula is C28H19BrFNO3S. The minimum absolute atomic E-state index is 0.229. The maximum Gasteiger partial charge on any atom is 0.293 e. The maximum atomic E-state index is 13.1. The van der Waals surface area contributed by atoms with E-state index in [1.165, 1.54) is 17.0 Å². The lowest BCUT2D eigenvalue weighted by atomic mass is 10.1. The first kappa shape index (κ1) is 23.3. The van der Waals surface area contributed by atoms with E-state index in [1.807, 2.05) is 54.6 Å². The number of imide groups is 1. The molecule has 0 N–H and O–H groups in total. The molecule has 5 rings (SSSR count). The Morgan fingerprint density at radius 1 is 0.886 bits per heavy atom. The molecule has 4 aromatic rings. The first-order valence-electron chi connectivity index (χ1n) is 10.9. The number of thioether (sulfide) groups is 1. The van der Waals surface area contributed by atoms with Crippen molar-refractivity contribution in [3.05, 3.63) is 117 Å². The molecule has 0 unspecified atom stereocenters. The van der Waals surface area contributed by atoms with Gasteiger partial charge in [0.25, 0.3) is 11.1 Å². The van der Waals surface area contributed by atoms with E-state index < -0.39 is 0 Å². The minimum Gasteiger partial charge on any atom is -0.488 e. The number of carbonyl (C=O) groups excluding carboxylic acids is 2. The molecule has 1 aliphatic heterocycles. The van der Waals surface area contributed by atoms with Crippen LogP contribution in [0.1, 0.15) is 16.7 Å². The first-order valence-corrected chi connectivity index (χ1v) is 12.5. The molecule has 174 valence electrons. The molecule has 0 saturated carbocycles. The average molecular weight is 548 g/mol. The van der Waals surface area contributed by atoms with Crippen LogP contribution < -0.4 is 4.74 Å². The summed E-state index contributed by atoms with van der Waals surface area (Å²) in [4.78, 5) is 27.2. The summed E-state index contributed by atoms with van der Waals surface area (Å²) in [6, 6.07) is 25.5. The van der Waals surface area contributed by atoms with Gasteiger partial charge in [-0.2, -0.15) is 0 Å². The quantitative estimate of drug-likeness (QED) is 0.234. The number of benzene rings is 4. The van der Waals surface area contributed by atoms with Crippen molar-refractivity contribution in [3.8, 4) is 5.75 Å². The molecule has 1 fully saturated rings. The van der Waals surface area contributed by atoms with E-state index in [1.54, 1.807) is 24.3 Å². The van der Waals surface area contributed by atoms with Crippen molar-refractivity contribution < 1.29 is 18.7 Å². The first-order chi connectivity index (χ1) is 17.0. The molecule has 0 aliphatic carbocycles. The molecule has 0 bridgehead atoms. The Kier molecular flexibility index (Phi) is 6.70. The van der Waals surface area contributed by atoms with Gasteiger partial charge in [0.15, 0.2) is 0 Å². The van der Waals surface area contributed by atoms with Gasteiger partial charge in [-0.1, -0.05) is 54.6 Å². The molecule has 1 aliphatic rings. The molecule has 0 atom stereocenters. The van der Waals surface area contributed by atoms with Crippen molar-refractivity contribution in [2.24, 2.45) is 0 Å². The van der Waals surface area contributed by atoms with Crippen LogP contribution in [0.5, 0.6) is 5.75 Å². The number of rotatable bonds is 6. The number of carbonyl (C=O) groups is 2. The van der Waals surface area contributed by atoms with Crippen molar-refractivity contribution in [3.63, 3.8) is 0 Å². The molecule has 1 saturated heterocycles. The van der Waals surface area contributed by atoms with Crippen molar-refractivity contribution in [2.45, 2.75) is 13.2 Å². The van der Waals surface area contributed by atoms with E-state index >= 15 is 0 Å². The Morgan fingerprint density at radius 3 is 2.40 bits per heavy atom.